The summed E-state index contributed by atoms with van der Waals surface area (Å²) in [6, 6.07) is 9.46. The molecule has 1 unspecified atom stereocenters. The molecule has 0 radical (unpaired) electrons. The molecule has 0 saturated carbocycles. The fourth-order valence-electron chi connectivity index (χ4n) is 2.66. The van der Waals surface area contributed by atoms with Crippen LogP contribution in [0.4, 0.5) is 13.2 Å². The zero-order valence-corrected chi connectivity index (χ0v) is 15.0. The summed E-state index contributed by atoms with van der Waals surface area (Å²) in [6.45, 7) is 1.86. The molecule has 0 amide bonds. The molecule has 134 valence electrons. The average Bonchev–Trinajstić information content (AvgIpc) is 2.55. The van der Waals surface area contributed by atoms with Crippen molar-refractivity contribution >= 4 is 33.4 Å². The van der Waals surface area contributed by atoms with Gasteiger partial charge in [-0.3, -0.25) is 9.59 Å². The summed E-state index contributed by atoms with van der Waals surface area (Å²) >= 11 is 3.32. The number of esters is 1. The molecule has 7 heteroatoms. The summed E-state index contributed by atoms with van der Waals surface area (Å²) in [5.41, 5.74) is 0.521. The number of hydrogen-bond acceptors (Lipinski definition) is 3. The van der Waals surface area contributed by atoms with E-state index in [1.165, 1.54) is 12.1 Å². The SMILES string of the molecule is Cc1ccc(C2C(=O)C=C(c3cccc(C(F)(F)F)c3)OC2=O)c(Br)c1. The lowest BCUT2D eigenvalue weighted by atomic mass is 9.91. The van der Waals surface area contributed by atoms with Crippen LogP contribution in [-0.4, -0.2) is 11.8 Å². The summed E-state index contributed by atoms with van der Waals surface area (Å²) < 4.78 is 44.3. The van der Waals surface area contributed by atoms with E-state index >= 15 is 0 Å². The van der Waals surface area contributed by atoms with Crippen molar-refractivity contribution in [1.82, 2.24) is 0 Å². The van der Waals surface area contributed by atoms with Gasteiger partial charge in [0.2, 0.25) is 0 Å². The molecular weight excluding hydrogens is 413 g/mol. The lowest BCUT2D eigenvalue weighted by Crippen LogP contribution is -2.27. The molecule has 2 aromatic carbocycles. The van der Waals surface area contributed by atoms with Gasteiger partial charge in [0.1, 0.15) is 11.7 Å². The minimum Gasteiger partial charge on any atom is -0.425 e. The molecule has 2 aromatic rings. The highest BCUT2D eigenvalue weighted by Gasteiger charge is 2.36. The van der Waals surface area contributed by atoms with Crippen molar-refractivity contribution in [3.63, 3.8) is 0 Å². The van der Waals surface area contributed by atoms with Gasteiger partial charge < -0.3 is 4.74 Å². The molecule has 0 saturated heterocycles. The molecule has 1 atom stereocenters. The summed E-state index contributed by atoms with van der Waals surface area (Å²) in [7, 11) is 0. The van der Waals surface area contributed by atoms with E-state index in [-0.39, 0.29) is 11.3 Å². The maximum absolute atomic E-state index is 12.8. The predicted molar refractivity (Wildman–Crippen MR) is 92.1 cm³/mol. The molecule has 0 bridgehead atoms. The number of hydrogen-bond donors (Lipinski definition) is 0. The Morgan fingerprint density at radius 2 is 1.81 bits per heavy atom. The lowest BCUT2D eigenvalue weighted by Gasteiger charge is -2.22. The van der Waals surface area contributed by atoms with Crippen LogP contribution in [0.25, 0.3) is 5.76 Å². The highest BCUT2D eigenvalue weighted by atomic mass is 79.9. The van der Waals surface area contributed by atoms with E-state index in [0.29, 0.717) is 10.0 Å². The molecule has 3 rings (SSSR count). The number of cyclic esters (lactones) is 1. The van der Waals surface area contributed by atoms with Crippen molar-refractivity contribution in [3.05, 3.63) is 75.3 Å². The molecule has 3 nitrogen and oxygen atoms in total. The number of carbonyl (C=O) groups excluding carboxylic acids is 2. The molecule has 26 heavy (non-hydrogen) atoms. The molecule has 0 spiro atoms. The van der Waals surface area contributed by atoms with Gasteiger partial charge in [-0.25, -0.2) is 0 Å². The van der Waals surface area contributed by atoms with Gasteiger partial charge in [0.25, 0.3) is 0 Å². The van der Waals surface area contributed by atoms with Gasteiger partial charge in [0, 0.05) is 16.1 Å². The number of aryl methyl sites for hydroxylation is 1. The van der Waals surface area contributed by atoms with Crippen LogP contribution >= 0.6 is 15.9 Å². The first kappa shape index (κ1) is 18.4. The third-order valence-electron chi connectivity index (χ3n) is 3.95. The van der Waals surface area contributed by atoms with E-state index in [2.05, 4.69) is 15.9 Å². The first-order chi connectivity index (χ1) is 12.2. The van der Waals surface area contributed by atoms with Gasteiger partial charge in [-0.1, -0.05) is 40.2 Å². The van der Waals surface area contributed by atoms with E-state index in [4.69, 9.17) is 4.74 Å². The maximum atomic E-state index is 12.8. The summed E-state index contributed by atoms with van der Waals surface area (Å²) in [5, 5.41) is 0. The molecular formula is C19H12BrF3O3. The van der Waals surface area contributed by atoms with Crippen LogP contribution in [0.5, 0.6) is 0 Å². The summed E-state index contributed by atoms with van der Waals surface area (Å²) in [5.74, 6) is -2.71. The monoisotopic (exact) mass is 424 g/mol. The zero-order chi connectivity index (χ0) is 19.1. The number of benzene rings is 2. The normalized spacial score (nSPS) is 17.7. The Labute approximate surface area is 155 Å². The Hall–Kier alpha value is -2.41. The number of rotatable bonds is 2. The standard InChI is InChI=1S/C19H12BrF3O3/c1-10-5-6-13(14(20)7-10)17-15(24)9-16(26-18(17)25)11-3-2-4-12(8-11)19(21,22)23/h2-9,17H,1H3. The largest absolute Gasteiger partial charge is 0.425 e. The van der Waals surface area contributed by atoms with Gasteiger partial charge in [-0.2, -0.15) is 13.2 Å². The first-order valence-electron chi connectivity index (χ1n) is 7.58. The fraction of sp³-hybridized carbons (Fsp3) is 0.158. The smallest absolute Gasteiger partial charge is 0.416 e. The van der Waals surface area contributed by atoms with Crippen LogP contribution in [0.1, 0.15) is 28.2 Å². The van der Waals surface area contributed by atoms with Crippen LogP contribution in [0.15, 0.2) is 53.0 Å². The molecule has 0 fully saturated rings. The Morgan fingerprint density at radius 1 is 1.08 bits per heavy atom. The van der Waals surface area contributed by atoms with E-state index in [1.807, 2.05) is 6.92 Å². The fourth-order valence-corrected chi connectivity index (χ4v) is 3.39. The van der Waals surface area contributed by atoms with Crippen molar-refractivity contribution < 1.29 is 27.5 Å². The highest BCUT2D eigenvalue weighted by Crippen LogP contribution is 2.35. The second kappa shape index (κ2) is 6.72. The maximum Gasteiger partial charge on any atom is 0.416 e. The van der Waals surface area contributed by atoms with E-state index in [9.17, 15) is 22.8 Å². The van der Waals surface area contributed by atoms with Crippen molar-refractivity contribution in [1.29, 1.82) is 0 Å². The van der Waals surface area contributed by atoms with Crippen LogP contribution in [0, 0.1) is 6.92 Å². The Morgan fingerprint density at radius 3 is 2.42 bits per heavy atom. The Kier molecular flexibility index (Phi) is 4.75. The number of ether oxygens (including phenoxy) is 1. The van der Waals surface area contributed by atoms with Crippen molar-refractivity contribution in [2.75, 3.05) is 0 Å². The van der Waals surface area contributed by atoms with E-state index < -0.39 is 29.4 Å². The van der Waals surface area contributed by atoms with Gasteiger partial charge >= 0.3 is 12.1 Å². The molecule has 1 aliphatic heterocycles. The third kappa shape index (κ3) is 3.58. The second-order valence-electron chi connectivity index (χ2n) is 5.87. The van der Waals surface area contributed by atoms with Crippen LogP contribution in [0.2, 0.25) is 0 Å². The number of alkyl halides is 3. The summed E-state index contributed by atoms with van der Waals surface area (Å²) in [4.78, 5) is 24.9. The molecule has 0 aromatic heterocycles. The number of carbonyl (C=O) groups is 2. The van der Waals surface area contributed by atoms with Gasteiger partial charge in [0.15, 0.2) is 5.78 Å². The average molecular weight is 425 g/mol. The second-order valence-corrected chi connectivity index (χ2v) is 6.72. The molecule has 1 aliphatic rings. The third-order valence-corrected chi connectivity index (χ3v) is 4.63. The van der Waals surface area contributed by atoms with Crippen LogP contribution < -0.4 is 0 Å². The lowest BCUT2D eigenvalue weighted by molar-refractivity contribution is -0.142. The van der Waals surface area contributed by atoms with Crippen LogP contribution in [-0.2, 0) is 20.5 Å². The van der Waals surface area contributed by atoms with E-state index in [1.54, 1.807) is 18.2 Å². The van der Waals surface area contributed by atoms with Gasteiger partial charge in [-0.15, -0.1) is 0 Å². The molecule has 1 heterocycles. The quantitative estimate of drug-likeness (QED) is 0.501. The topological polar surface area (TPSA) is 43.4 Å². The summed E-state index contributed by atoms with van der Waals surface area (Å²) in [6.07, 6.45) is -3.47. The molecule has 0 N–H and O–H groups in total. The highest BCUT2D eigenvalue weighted by molar-refractivity contribution is 9.10. The van der Waals surface area contributed by atoms with Crippen LogP contribution in [0.3, 0.4) is 0 Å². The Bertz CT molecular complexity index is 932. The zero-order valence-electron chi connectivity index (χ0n) is 13.4. The Balaban J connectivity index is 1.97. The van der Waals surface area contributed by atoms with Crippen molar-refractivity contribution in [3.8, 4) is 0 Å². The van der Waals surface area contributed by atoms with E-state index in [0.717, 1.165) is 23.8 Å². The van der Waals surface area contributed by atoms with Crippen molar-refractivity contribution in [2.45, 2.75) is 19.0 Å². The van der Waals surface area contributed by atoms with Gasteiger partial charge in [-0.05, 0) is 36.2 Å². The van der Waals surface area contributed by atoms with Gasteiger partial charge in [0.05, 0.1) is 5.56 Å². The number of allylic oxidation sites excluding steroid dienone is 1. The number of ketones is 1. The predicted octanol–water partition coefficient (Wildman–Crippen LogP) is 5.03. The molecule has 0 aliphatic carbocycles. The minimum atomic E-state index is -4.53. The minimum absolute atomic E-state index is 0.0166. The van der Waals surface area contributed by atoms with Crippen molar-refractivity contribution in [2.24, 2.45) is 0 Å². The number of halogens is 4. The first-order valence-corrected chi connectivity index (χ1v) is 8.37.